The summed E-state index contributed by atoms with van der Waals surface area (Å²) in [6.07, 6.45) is 2.00. The zero-order valence-corrected chi connectivity index (χ0v) is 8.50. The molecule has 1 aliphatic rings. The molecule has 0 bridgehead atoms. The molecule has 1 aliphatic carbocycles. The molecule has 0 aromatic carbocycles. The van der Waals surface area contributed by atoms with Crippen LogP contribution in [-0.4, -0.2) is 11.4 Å². The van der Waals surface area contributed by atoms with Crippen LogP contribution in [0, 0.1) is 17.3 Å². The van der Waals surface area contributed by atoms with Crippen LogP contribution in [0.1, 0.15) is 40.5 Å². The van der Waals surface area contributed by atoms with E-state index in [1.54, 1.807) is 0 Å². The van der Waals surface area contributed by atoms with Crippen LogP contribution in [0.4, 0.5) is 0 Å². The van der Waals surface area contributed by atoms with E-state index in [0.717, 1.165) is 12.8 Å². The maximum absolute atomic E-state index is 8.63. The molecule has 0 saturated heterocycles. The van der Waals surface area contributed by atoms with E-state index in [1.807, 2.05) is 0 Å². The second-order valence-electron chi connectivity index (χ2n) is 4.92. The van der Waals surface area contributed by atoms with Crippen LogP contribution in [-0.2, 0) is 4.89 Å². The smallest absolute Gasteiger partial charge is 0.0935 e. The van der Waals surface area contributed by atoms with Crippen LogP contribution in [0.15, 0.2) is 0 Å². The summed E-state index contributed by atoms with van der Waals surface area (Å²) in [6, 6.07) is 0. The topological polar surface area (TPSA) is 29.5 Å². The van der Waals surface area contributed by atoms with Crippen LogP contribution >= 0.6 is 0 Å². The Hall–Kier alpha value is -0.0800. The van der Waals surface area contributed by atoms with Crippen molar-refractivity contribution in [3.63, 3.8) is 0 Å². The van der Waals surface area contributed by atoms with Crippen LogP contribution in [0.5, 0.6) is 0 Å². The van der Waals surface area contributed by atoms with E-state index in [-0.39, 0.29) is 6.10 Å². The van der Waals surface area contributed by atoms with E-state index in [4.69, 9.17) is 5.26 Å². The first-order valence-electron chi connectivity index (χ1n) is 4.77. The molecule has 72 valence electrons. The van der Waals surface area contributed by atoms with E-state index in [0.29, 0.717) is 17.3 Å². The first-order chi connectivity index (χ1) is 5.47. The minimum Gasteiger partial charge on any atom is -0.252 e. The summed E-state index contributed by atoms with van der Waals surface area (Å²) in [7, 11) is 0. The fraction of sp³-hybridized carbons (Fsp3) is 1.00. The molecule has 1 rings (SSSR count). The largest absolute Gasteiger partial charge is 0.252 e. The average Bonchev–Trinajstić information content (AvgIpc) is 1.99. The SMILES string of the molecule is CC1CC(OO)CC(C)(C)C1C. The second kappa shape index (κ2) is 3.35. The second-order valence-corrected chi connectivity index (χ2v) is 4.92. The zero-order chi connectivity index (χ0) is 9.35. The Labute approximate surface area is 74.9 Å². The molecule has 0 aromatic heterocycles. The highest BCUT2D eigenvalue weighted by molar-refractivity contribution is 4.88. The molecule has 3 atom stereocenters. The van der Waals surface area contributed by atoms with Gasteiger partial charge in [0.2, 0.25) is 0 Å². The highest BCUT2D eigenvalue weighted by Gasteiger charge is 2.38. The third kappa shape index (κ3) is 1.80. The third-order valence-electron chi connectivity index (χ3n) is 3.62. The van der Waals surface area contributed by atoms with Crippen molar-refractivity contribution in [1.82, 2.24) is 0 Å². The molecule has 1 fully saturated rings. The van der Waals surface area contributed by atoms with Gasteiger partial charge in [-0.2, -0.15) is 0 Å². The average molecular weight is 172 g/mol. The van der Waals surface area contributed by atoms with Crippen molar-refractivity contribution in [2.45, 2.75) is 46.6 Å². The van der Waals surface area contributed by atoms with Gasteiger partial charge in [-0.3, -0.25) is 5.26 Å². The van der Waals surface area contributed by atoms with E-state index in [2.05, 4.69) is 32.6 Å². The molecule has 0 spiro atoms. The Balaban J connectivity index is 2.65. The monoisotopic (exact) mass is 172 g/mol. The van der Waals surface area contributed by atoms with E-state index < -0.39 is 0 Å². The van der Waals surface area contributed by atoms with E-state index in [9.17, 15) is 0 Å². The molecule has 0 radical (unpaired) electrons. The molecule has 0 aliphatic heterocycles. The van der Waals surface area contributed by atoms with Gasteiger partial charge in [-0.25, -0.2) is 4.89 Å². The lowest BCUT2D eigenvalue weighted by Gasteiger charge is -2.43. The van der Waals surface area contributed by atoms with Crippen molar-refractivity contribution in [3.8, 4) is 0 Å². The Morgan fingerprint density at radius 1 is 1.33 bits per heavy atom. The molecule has 0 aromatic rings. The Morgan fingerprint density at radius 2 is 1.92 bits per heavy atom. The predicted molar refractivity (Wildman–Crippen MR) is 48.8 cm³/mol. The lowest BCUT2D eigenvalue weighted by molar-refractivity contribution is -0.295. The van der Waals surface area contributed by atoms with Crippen molar-refractivity contribution >= 4 is 0 Å². The molecule has 2 heteroatoms. The summed E-state index contributed by atoms with van der Waals surface area (Å²) in [6.45, 7) is 9.02. The van der Waals surface area contributed by atoms with Crippen molar-refractivity contribution in [3.05, 3.63) is 0 Å². The normalized spacial score (nSPS) is 41.2. The number of hydrogen-bond acceptors (Lipinski definition) is 2. The van der Waals surface area contributed by atoms with Crippen molar-refractivity contribution < 1.29 is 10.1 Å². The van der Waals surface area contributed by atoms with Gasteiger partial charge in [0.15, 0.2) is 0 Å². The Kier molecular flexibility index (Phi) is 2.79. The van der Waals surface area contributed by atoms with Crippen molar-refractivity contribution in [2.24, 2.45) is 17.3 Å². The zero-order valence-electron chi connectivity index (χ0n) is 8.50. The van der Waals surface area contributed by atoms with Gasteiger partial charge in [-0.15, -0.1) is 0 Å². The summed E-state index contributed by atoms with van der Waals surface area (Å²) >= 11 is 0. The van der Waals surface area contributed by atoms with Gasteiger partial charge in [0.05, 0.1) is 6.10 Å². The van der Waals surface area contributed by atoms with E-state index >= 15 is 0 Å². The van der Waals surface area contributed by atoms with Crippen LogP contribution < -0.4 is 0 Å². The van der Waals surface area contributed by atoms with Gasteiger partial charge in [-0.05, 0) is 30.1 Å². The first-order valence-corrected chi connectivity index (χ1v) is 4.77. The molecule has 3 unspecified atom stereocenters. The van der Waals surface area contributed by atoms with Gasteiger partial charge < -0.3 is 0 Å². The van der Waals surface area contributed by atoms with E-state index in [1.165, 1.54) is 0 Å². The molecule has 0 amide bonds. The maximum Gasteiger partial charge on any atom is 0.0935 e. The van der Waals surface area contributed by atoms with Crippen molar-refractivity contribution in [1.29, 1.82) is 0 Å². The molecular formula is C10H20O2. The number of rotatable bonds is 1. The first kappa shape index (κ1) is 10.0. The third-order valence-corrected chi connectivity index (χ3v) is 3.62. The van der Waals surface area contributed by atoms with Gasteiger partial charge in [-0.1, -0.05) is 27.7 Å². The Morgan fingerprint density at radius 3 is 2.33 bits per heavy atom. The van der Waals surface area contributed by atoms with Crippen molar-refractivity contribution in [2.75, 3.05) is 0 Å². The quantitative estimate of drug-likeness (QED) is 0.486. The van der Waals surface area contributed by atoms with Gasteiger partial charge in [0.25, 0.3) is 0 Å². The van der Waals surface area contributed by atoms with Crippen LogP contribution in [0.2, 0.25) is 0 Å². The standard InChI is InChI=1S/C10H20O2/c1-7-5-9(12-11)6-10(3,4)8(7)2/h7-9,11H,5-6H2,1-4H3. The van der Waals surface area contributed by atoms with Gasteiger partial charge in [0, 0.05) is 0 Å². The summed E-state index contributed by atoms with van der Waals surface area (Å²) in [5.74, 6) is 1.36. The summed E-state index contributed by atoms with van der Waals surface area (Å²) < 4.78 is 0. The Bertz CT molecular complexity index is 154. The minimum atomic E-state index is 0.0474. The lowest BCUT2D eigenvalue weighted by Crippen LogP contribution is -2.39. The molecule has 12 heavy (non-hydrogen) atoms. The molecule has 0 heterocycles. The molecule has 1 N–H and O–H groups in total. The fourth-order valence-electron chi connectivity index (χ4n) is 2.33. The van der Waals surface area contributed by atoms with Crippen LogP contribution in [0.25, 0.3) is 0 Å². The summed E-state index contributed by atoms with van der Waals surface area (Å²) in [5, 5.41) is 8.63. The fourth-order valence-corrected chi connectivity index (χ4v) is 2.33. The maximum atomic E-state index is 8.63. The summed E-state index contributed by atoms with van der Waals surface area (Å²) in [5.41, 5.74) is 0.297. The molecule has 2 nitrogen and oxygen atoms in total. The van der Waals surface area contributed by atoms with Gasteiger partial charge >= 0.3 is 0 Å². The van der Waals surface area contributed by atoms with Gasteiger partial charge in [0.1, 0.15) is 0 Å². The predicted octanol–water partition coefficient (Wildman–Crippen LogP) is 2.94. The number of hydrogen-bond donors (Lipinski definition) is 1. The molecular weight excluding hydrogens is 152 g/mol. The molecule has 1 saturated carbocycles. The lowest BCUT2D eigenvalue weighted by atomic mass is 9.64. The van der Waals surface area contributed by atoms with Crippen LogP contribution in [0.3, 0.4) is 0 Å². The highest BCUT2D eigenvalue weighted by Crippen LogP contribution is 2.44. The minimum absolute atomic E-state index is 0.0474. The summed E-state index contributed by atoms with van der Waals surface area (Å²) in [4.78, 5) is 4.45. The highest BCUT2D eigenvalue weighted by atomic mass is 17.1.